The van der Waals surface area contributed by atoms with Gasteiger partial charge in [0.2, 0.25) is 0 Å². The molecule has 0 amide bonds. The summed E-state index contributed by atoms with van der Waals surface area (Å²) in [6.07, 6.45) is 2.85. The van der Waals surface area contributed by atoms with Gasteiger partial charge in [-0.05, 0) is 36.5 Å². The average molecular weight is 324 g/mol. The van der Waals surface area contributed by atoms with E-state index in [-0.39, 0.29) is 11.8 Å². The van der Waals surface area contributed by atoms with E-state index in [1.165, 1.54) is 18.2 Å². The van der Waals surface area contributed by atoms with Gasteiger partial charge in [0.25, 0.3) is 0 Å². The van der Waals surface area contributed by atoms with E-state index < -0.39 is 0 Å². The fourth-order valence-electron chi connectivity index (χ4n) is 2.53. The second-order valence-electron chi connectivity index (χ2n) is 6.09. The van der Waals surface area contributed by atoms with Gasteiger partial charge in [-0.2, -0.15) is 0 Å². The highest BCUT2D eigenvalue weighted by atomic mass is 16.5. The fraction of sp³-hybridized carbons (Fsp3) is 0.333. The van der Waals surface area contributed by atoms with Crippen LogP contribution in [0, 0.1) is 6.92 Å². The zero-order valence-corrected chi connectivity index (χ0v) is 14.4. The lowest BCUT2D eigenvalue weighted by Gasteiger charge is -2.05. The summed E-state index contributed by atoms with van der Waals surface area (Å²) in [5, 5.41) is 0. The fourth-order valence-corrected chi connectivity index (χ4v) is 2.53. The Morgan fingerprint density at radius 1 is 0.792 bits per heavy atom. The number of carbonyl (C=O) groups is 2. The number of esters is 1. The lowest BCUT2D eigenvalue weighted by molar-refractivity contribution is -0.140. The van der Waals surface area contributed by atoms with Crippen LogP contribution in [0.25, 0.3) is 0 Å². The molecule has 0 saturated heterocycles. The topological polar surface area (TPSA) is 43.4 Å². The summed E-state index contributed by atoms with van der Waals surface area (Å²) in [6.45, 7) is 2.06. The molecule has 0 fully saturated rings. The Morgan fingerprint density at radius 3 is 1.88 bits per heavy atom. The Bertz CT molecular complexity index is 669. The summed E-state index contributed by atoms with van der Waals surface area (Å²) in [5.74, 6) is 0.0447. The first-order valence-electron chi connectivity index (χ1n) is 8.28. The first-order chi connectivity index (χ1) is 11.6. The molecule has 0 heterocycles. The molecule has 0 aromatic heterocycles. The van der Waals surface area contributed by atoms with Crippen LogP contribution in [0.2, 0.25) is 0 Å². The normalized spacial score (nSPS) is 10.4. The molecule has 3 heteroatoms. The Labute approximate surface area is 143 Å². The summed E-state index contributed by atoms with van der Waals surface area (Å²) >= 11 is 0. The molecule has 0 aliphatic carbocycles. The van der Waals surface area contributed by atoms with Crippen molar-refractivity contribution in [2.24, 2.45) is 0 Å². The van der Waals surface area contributed by atoms with Crippen molar-refractivity contribution in [3.8, 4) is 0 Å². The number of hydrogen-bond acceptors (Lipinski definition) is 3. The molecule has 2 rings (SSSR count). The van der Waals surface area contributed by atoms with E-state index in [0.29, 0.717) is 25.7 Å². The van der Waals surface area contributed by atoms with Gasteiger partial charge in [0.1, 0.15) is 5.78 Å². The molecule has 126 valence electrons. The summed E-state index contributed by atoms with van der Waals surface area (Å²) in [4.78, 5) is 23.3. The van der Waals surface area contributed by atoms with Gasteiger partial charge in [0.15, 0.2) is 0 Å². The van der Waals surface area contributed by atoms with Crippen LogP contribution >= 0.6 is 0 Å². The van der Waals surface area contributed by atoms with Crippen molar-refractivity contribution in [3.05, 3.63) is 70.8 Å². The van der Waals surface area contributed by atoms with E-state index >= 15 is 0 Å². The Morgan fingerprint density at radius 2 is 1.29 bits per heavy atom. The maximum Gasteiger partial charge on any atom is 0.305 e. The summed E-state index contributed by atoms with van der Waals surface area (Å²) in [6, 6.07) is 16.2. The third-order valence-corrected chi connectivity index (χ3v) is 4.08. The van der Waals surface area contributed by atoms with Crippen LogP contribution in [0.1, 0.15) is 35.1 Å². The highest BCUT2D eigenvalue weighted by Gasteiger charge is 2.06. The minimum Gasteiger partial charge on any atom is -0.469 e. The second kappa shape index (κ2) is 9.02. The van der Waals surface area contributed by atoms with E-state index in [2.05, 4.69) is 35.9 Å². The zero-order chi connectivity index (χ0) is 17.4. The Balaban J connectivity index is 1.79. The lowest BCUT2D eigenvalue weighted by atomic mass is 10.0. The molecule has 0 N–H and O–H groups in total. The first-order valence-corrected chi connectivity index (χ1v) is 8.28. The number of aryl methyl sites for hydroxylation is 3. The van der Waals surface area contributed by atoms with Crippen LogP contribution in [0.4, 0.5) is 0 Å². The molecule has 0 aliphatic rings. The van der Waals surface area contributed by atoms with Crippen LogP contribution < -0.4 is 0 Å². The minimum atomic E-state index is -0.203. The first kappa shape index (κ1) is 17.9. The molecular formula is C21H24O3. The number of benzene rings is 2. The minimum absolute atomic E-state index is 0.203. The molecule has 0 saturated carbocycles. The number of ether oxygens (including phenoxy) is 1. The van der Waals surface area contributed by atoms with Crippen LogP contribution in [-0.2, 0) is 33.6 Å². The molecule has 0 spiro atoms. The van der Waals surface area contributed by atoms with Crippen molar-refractivity contribution in [1.29, 1.82) is 0 Å². The molecule has 24 heavy (non-hydrogen) atoms. The number of ketones is 1. The van der Waals surface area contributed by atoms with E-state index in [1.54, 1.807) is 0 Å². The van der Waals surface area contributed by atoms with E-state index in [9.17, 15) is 9.59 Å². The van der Waals surface area contributed by atoms with Crippen molar-refractivity contribution in [1.82, 2.24) is 0 Å². The van der Waals surface area contributed by atoms with E-state index in [0.717, 1.165) is 17.5 Å². The van der Waals surface area contributed by atoms with Crippen molar-refractivity contribution in [2.75, 3.05) is 7.11 Å². The monoisotopic (exact) mass is 324 g/mol. The molecule has 2 aromatic rings. The average Bonchev–Trinajstić information content (AvgIpc) is 2.60. The van der Waals surface area contributed by atoms with Gasteiger partial charge in [-0.3, -0.25) is 9.59 Å². The van der Waals surface area contributed by atoms with Gasteiger partial charge >= 0.3 is 5.97 Å². The van der Waals surface area contributed by atoms with E-state index in [1.807, 2.05) is 24.3 Å². The van der Waals surface area contributed by atoms with Gasteiger partial charge in [-0.15, -0.1) is 0 Å². The lowest BCUT2D eigenvalue weighted by Crippen LogP contribution is -2.05. The van der Waals surface area contributed by atoms with Crippen molar-refractivity contribution < 1.29 is 14.3 Å². The quantitative estimate of drug-likeness (QED) is 0.693. The predicted molar refractivity (Wildman–Crippen MR) is 95.0 cm³/mol. The Kier molecular flexibility index (Phi) is 6.74. The van der Waals surface area contributed by atoms with Crippen molar-refractivity contribution in [2.45, 2.75) is 39.0 Å². The smallest absolute Gasteiger partial charge is 0.305 e. The number of hydrogen-bond donors (Lipinski definition) is 0. The number of methoxy groups -OCH3 is 1. The number of rotatable bonds is 8. The molecule has 0 atom stereocenters. The van der Waals surface area contributed by atoms with Crippen molar-refractivity contribution in [3.63, 3.8) is 0 Å². The van der Waals surface area contributed by atoms with Gasteiger partial charge in [-0.25, -0.2) is 0 Å². The van der Waals surface area contributed by atoms with Crippen LogP contribution in [0.5, 0.6) is 0 Å². The molecule has 3 nitrogen and oxygen atoms in total. The molecule has 0 aliphatic heterocycles. The molecule has 0 bridgehead atoms. The largest absolute Gasteiger partial charge is 0.469 e. The van der Waals surface area contributed by atoms with Crippen LogP contribution in [0.15, 0.2) is 48.5 Å². The van der Waals surface area contributed by atoms with Crippen LogP contribution in [0.3, 0.4) is 0 Å². The number of carbonyl (C=O) groups excluding carboxylic acids is 2. The Hall–Kier alpha value is -2.42. The third kappa shape index (κ3) is 5.99. The maximum atomic E-state index is 12.1. The molecule has 0 radical (unpaired) electrons. The summed E-state index contributed by atoms with van der Waals surface area (Å²) < 4.78 is 4.63. The van der Waals surface area contributed by atoms with Gasteiger partial charge in [0, 0.05) is 19.3 Å². The molecule has 0 unspecified atom stereocenters. The highest BCUT2D eigenvalue weighted by Crippen LogP contribution is 2.11. The SMILES string of the molecule is COC(=O)CCc1ccc(CC(=O)CCc2ccc(C)cc2)cc1. The summed E-state index contributed by atoms with van der Waals surface area (Å²) in [7, 11) is 1.40. The van der Waals surface area contributed by atoms with E-state index in [4.69, 9.17) is 0 Å². The van der Waals surface area contributed by atoms with Gasteiger partial charge < -0.3 is 4.74 Å². The molecule has 2 aromatic carbocycles. The highest BCUT2D eigenvalue weighted by molar-refractivity contribution is 5.81. The summed E-state index contributed by atoms with van der Waals surface area (Å²) in [5.41, 5.74) is 4.53. The predicted octanol–water partition coefficient (Wildman–Crippen LogP) is 3.85. The molecular weight excluding hydrogens is 300 g/mol. The van der Waals surface area contributed by atoms with Crippen LogP contribution in [-0.4, -0.2) is 18.9 Å². The zero-order valence-electron chi connectivity index (χ0n) is 14.4. The third-order valence-electron chi connectivity index (χ3n) is 4.08. The van der Waals surface area contributed by atoms with Crippen molar-refractivity contribution >= 4 is 11.8 Å². The number of Topliss-reactive ketones (excluding diaryl/α,β-unsaturated/α-hetero) is 1. The maximum absolute atomic E-state index is 12.1. The van der Waals surface area contributed by atoms with Gasteiger partial charge in [0.05, 0.1) is 7.11 Å². The standard InChI is InChI=1S/C21H24O3/c1-16-3-5-17(6-4-16)11-13-20(22)15-19-9-7-18(8-10-19)12-14-21(23)24-2/h3-10H,11-15H2,1-2H3. The second-order valence-corrected chi connectivity index (χ2v) is 6.09. The van der Waals surface area contributed by atoms with Gasteiger partial charge in [-0.1, -0.05) is 54.1 Å².